The lowest BCUT2D eigenvalue weighted by molar-refractivity contribution is -0.141. The smallest absolute Gasteiger partial charge is 0.307 e. The van der Waals surface area contributed by atoms with Crippen molar-refractivity contribution in [1.82, 2.24) is 0 Å². The average molecular weight is 309 g/mol. The van der Waals surface area contributed by atoms with Gasteiger partial charge in [0.1, 0.15) is 11.5 Å². The van der Waals surface area contributed by atoms with E-state index in [0.717, 1.165) is 36.3 Å². The van der Waals surface area contributed by atoms with E-state index in [-0.39, 0.29) is 6.54 Å². The van der Waals surface area contributed by atoms with Crippen LogP contribution in [0.3, 0.4) is 0 Å². The summed E-state index contributed by atoms with van der Waals surface area (Å²) in [5, 5.41) is 9.03. The molecule has 0 radical (unpaired) electrons. The molecular weight excluding hydrogens is 282 g/mol. The van der Waals surface area contributed by atoms with Crippen LogP contribution in [0.2, 0.25) is 0 Å². The van der Waals surface area contributed by atoms with E-state index in [4.69, 9.17) is 20.3 Å². The number of aliphatic carboxylic acids is 1. The second-order valence-corrected chi connectivity index (χ2v) is 5.68. The van der Waals surface area contributed by atoms with E-state index >= 15 is 0 Å². The van der Waals surface area contributed by atoms with Crippen LogP contribution in [0.1, 0.15) is 31.7 Å². The van der Waals surface area contributed by atoms with Crippen LogP contribution in [-0.4, -0.2) is 31.8 Å². The fraction of sp³-hybridized carbons (Fsp3) is 0.588. The van der Waals surface area contributed by atoms with Crippen LogP contribution in [-0.2, 0) is 11.2 Å². The maximum absolute atomic E-state index is 11.0. The summed E-state index contributed by atoms with van der Waals surface area (Å²) < 4.78 is 10.6. The van der Waals surface area contributed by atoms with Gasteiger partial charge in [-0.15, -0.1) is 0 Å². The standard InChI is InChI=1S/C17H27NO4/c1-12(9-14(11-18)17(19)20)5-4-6-13-7-8-15(21-2)10-16(13)22-3/h7-8,10,12,14H,4-6,9,11,18H2,1-3H3,(H,19,20). The van der Waals surface area contributed by atoms with Gasteiger partial charge in [-0.25, -0.2) is 0 Å². The zero-order chi connectivity index (χ0) is 16.5. The third kappa shape index (κ3) is 5.56. The van der Waals surface area contributed by atoms with Crippen molar-refractivity contribution in [3.63, 3.8) is 0 Å². The summed E-state index contributed by atoms with van der Waals surface area (Å²) in [5.74, 6) is 0.712. The van der Waals surface area contributed by atoms with Gasteiger partial charge in [-0.2, -0.15) is 0 Å². The number of carbonyl (C=O) groups is 1. The Hall–Kier alpha value is -1.75. The molecule has 0 amide bonds. The molecule has 124 valence electrons. The van der Waals surface area contributed by atoms with Crippen molar-refractivity contribution < 1.29 is 19.4 Å². The molecule has 0 saturated carbocycles. The van der Waals surface area contributed by atoms with Crippen molar-refractivity contribution in [3.05, 3.63) is 23.8 Å². The lowest BCUT2D eigenvalue weighted by Gasteiger charge is -2.16. The molecule has 0 aromatic heterocycles. The summed E-state index contributed by atoms with van der Waals surface area (Å²) >= 11 is 0. The summed E-state index contributed by atoms with van der Waals surface area (Å²) in [5.41, 5.74) is 6.64. The molecule has 1 aromatic carbocycles. The quantitative estimate of drug-likeness (QED) is 0.694. The number of aryl methyl sites for hydroxylation is 1. The van der Waals surface area contributed by atoms with Gasteiger partial charge in [0.05, 0.1) is 20.1 Å². The van der Waals surface area contributed by atoms with E-state index in [1.165, 1.54) is 0 Å². The molecule has 1 rings (SSSR count). The van der Waals surface area contributed by atoms with Crippen molar-refractivity contribution in [1.29, 1.82) is 0 Å². The van der Waals surface area contributed by atoms with Gasteiger partial charge >= 0.3 is 5.97 Å². The van der Waals surface area contributed by atoms with Crippen molar-refractivity contribution in [2.24, 2.45) is 17.6 Å². The molecule has 0 heterocycles. The number of carboxylic acid groups (broad SMARTS) is 1. The minimum Gasteiger partial charge on any atom is -0.497 e. The lowest BCUT2D eigenvalue weighted by atomic mass is 9.91. The summed E-state index contributed by atoms with van der Waals surface area (Å²) in [4.78, 5) is 11.0. The van der Waals surface area contributed by atoms with E-state index in [2.05, 4.69) is 6.92 Å². The first-order chi connectivity index (χ1) is 10.5. The highest BCUT2D eigenvalue weighted by atomic mass is 16.5. The number of benzene rings is 1. The molecule has 0 aliphatic heterocycles. The highest BCUT2D eigenvalue weighted by molar-refractivity contribution is 5.70. The van der Waals surface area contributed by atoms with Gasteiger partial charge in [-0.3, -0.25) is 4.79 Å². The summed E-state index contributed by atoms with van der Waals surface area (Å²) in [6, 6.07) is 5.83. The van der Waals surface area contributed by atoms with Gasteiger partial charge in [-0.1, -0.05) is 19.4 Å². The summed E-state index contributed by atoms with van der Waals surface area (Å²) in [6.07, 6.45) is 3.49. The number of methoxy groups -OCH3 is 2. The number of hydrogen-bond acceptors (Lipinski definition) is 4. The molecule has 22 heavy (non-hydrogen) atoms. The Bertz CT molecular complexity index is 476. The molecule has 0 aliphatic carbocycles. The van der Waals surface area contributed by atoms with Gasteiger partial charge in [-0.05, 0) is 36.8 Å². The molecule has 0 bridgehead atoms. The van der Waals surface area contributed by atoms with Crippen LogP contribution in [0.4, 0.5) is 0 Å². The predicted molar refractivity (Wildman–Crippen MR) is 86.4 cm³/mol. The number of hydrogen-bond donors (Lipinski definition) is 2. The van der Waals surface area contributed by atoms with Crippen molar-refractivity contribution in [3.8, 4) is 11.5 Å². The Morgan fingerprint density at radius 1 is 1.32 bits per heavy atom. The summed E-state index contributed by atoms with van der Waals surface area (Å²) in [7, 11) is 3.28. The predicted octanol–water partition coefficient (Wildman–Crippen LogP) is 2.71. The first-order valence-electron chi connectivity index (χ1n) is 7.65. The third-order valence-electron chi connectivity index (χ3n) is 3.96. The molecule has 1 aromatic rings. The van der Waals surface area contributed by atoms with Crippen molar-refractivity contribution >= 4 is 5.97 Å². The van der Waals surface area contributed by atoms with Crippen LogP contribution in [0.5, 0.6) is 11.5 Å². The molecule has 3 N–H and O–H groups in total. The Morgan fingerprint density at radius 2 is 2.05 bits per heavy atom. The Labute approximate surface area is 132 Å². The van der Waals surface area contributed by atoms with Crippen LogP contribution < -0.4 is 15.2 Å². The van der Waals surface area contributed by atoms with Gasteiger partial charge in [0.25, 0.3) is 0 Å². The molecule has 0 spiro atoms. The molecule has 0 fully saturated rings. The second kappa shape index (κ2) is 9.30. The monoisotopic (exact) mass is 309 g/mol. The largest absolute Gasteiger partial charge is 0.497 e. The second-order valence-electron chi connectivity index (χ2n) is 5.68. The number of rotatable bonds is 10. The van der Waals surface area contributed by atoms with Gasteiger partial charge < -0.3 is 20.3 Å². The van der Waals surface area contributed by atoms with Crippen LogP contribution in [0.25, 0.3) is 0 Å². The fourth-order valence-electron chi connectivity index (χ4n) is 2.60. The Balaban J connectivity index is 2.48. The van der Waals surface area contributed by atoms with E-state index in [9.17, 15) is 4.79 Å². The zero-order valence-corrected chi connectivity index (χ0v) is 13.7. The molecule has 2 unspecified atom stereocenters. The van der Waals surface area contributed by atoms with Crippen LogP contribution in [0.15, 0.2) is 18.2 Å². The third-order valence-corrected chi connectivity index (χ3v) is 3.96. The SMILES string of the molecule is COc1ccc(CCCC(C)CC(CN)C(=O)O)c(OC)c1. The van der Waals surface area contributed by atoms with Crippen molar-refractivity contribution in [2.45, 2.75) is 32.6 Å². The van der Waals surface area contributed by atoms with Gasteiger partial charge in [0, 0.05) is 12.6 Å². The molecule has 0 saturated heterocycles. The molecular formula is C17H27NO4. The van der Waals surface area contributed by atoms with E-state index in [0.29, 0.717) is 12.3 Å². The number of ether oxygens (including phenoxy) is 2. The van der Waals surface area contributed by atoms with E-state index in [1.54, 1.807) is 14.2 Å². The Kier molecular flexibility index (Phi) is 7.74. The maximum atomic E-state index is 11.0. The van der Waals surface area contributed by atoms with E-state index in [1.807, 2.05) is 18.2 Å². The molecule has 2 atom stereocenters. The minimum atomic E-state index is -0.800. The molecule has 5 nitrogen and oxygen atoms in total. The number of nitrogens with two attached hydrogens (primary N) is 1. The fourth-order valence-corrected chi connectivity index (χ4v) is 2.60. The minimum absolute atomic E-state index is 0.200. The highest BCUT2D eigenvalue weighted by Gasteiger charge is 2.18. The molecule has 5 heteroatoms. The topological polar surface area (TPSA) is 81.8 Å². The average Bonchev–Trinajstić information content (AvgIpc) is 2.52. The van der Waals surface area contributed by atoms with Gasteiger partial charge in [0.2, 0.25) is 0 Å². The zero-order valence-electron chi connectivity index (χ0n) is 13.7. The summed E-state index contributed by atoms with van der Waals surface area (Å²) in [6.45, 7) is 2.28. The first-order valence-corrected chi connectivity index (χ1v) is 7.65. The van der Waals surface area contributed by atoms with Crippen molar-refractivity contribution in [2.75, 3.05) is 20.8 Å². The number of carboxylic acids is 1. The van der Waals surface area contributed by atoms with Gasteiger partial charge in [0.15, 0.2) is 0 Å². The molecule has 0 aliphatic rings. The lowest BCUT2D eigenvalue weighted by Crippen LogP contribution is -2.25. The van der Waals surface area contributed by atoms with Crippen LogP contribution in [0, 0.1) is 11.8 Å². The Morgan fingerprint density at radius 3 is 2.59 bits per heavy atom. The van der Waals surface area contributed by atoms with E-state index < -0.39 is 11.9 Å². The highest BCUT2D eigenvalue weighted by Crippen LogP contribution is 2.27. The normalized spacial score (nSPS) is 13.5. The first kappa shape index (κ1) is 18.3. The maximum Gasteiger partial charge on any atom is 0.307 e. The van der Waals surface area contributed by atoms with Crippen LogP contribution >= 0.6 is 0 Å².